The van der Waals surface area contributed by atoms with Crippen LogP contribution >= 0.6 is 11.3 Å². The van der Waals surface area contributed by atoms with Crippen LogP contribution in [-0.4, -0.2) is 17.8 Å². The Hall–Kier alpha value is -0.380. The average Bonchev–Trinajstić information content (AvgIpc) is 2.60. The van der Waals surface area contributed by atoms with E-state index in [9.17, 15) is 5.11 Å². The highest BCUT2D eigenvalue weighted by molar-refractivity contribution is 7.12. The molecule has 16 heavy (non-hydrogen) atoms. The summed E-state index contributed by atoms with van der Waals surface area (Å²) < 4.78 is 0. The van der Waals surface area contributed by atoms with E-state index in [0.717, 1.165) is 13.0 Å². The fourth-order valence-electron chi connectivity index (χ4n) is 1.83. The van der Waals surface area contributed by atoms with E-state index in [4.69, 9.17) is 0 Å². The molecule has 1 aromatic heterocycles. The van der Waals surface area contributed by atoms with Crippen LogP contribution in [0.4, 0.5) is 0 Å². The molecule has 1 rings (SSSR count). The summed E-state index contributed by atoms with van der Waals surface area (Å²) in [6, 6.07) is 4.77. The van der Waals surface area contributed by atoms with Crippen molar-refractivity contribution in [2.75, 3.05) is 6.54 Å². The van der Waals surface area contributed by atoms with Gasteiger partial charge in [0.15, 0.2) is 0 Å². The van der Waals surface area contributed by atoms with Crippen molar-refractivity contribution in [1.29, 1.82) is 0 Å². The summed E-state index contributed by atoms with van der Waals surface area (Å²) in [6.45, 7) is 9.31. The molecule has 1 heterocycles. The van der Waals surface area contributed by atoms with Gasteiger partial charge in [-0.25, -0.2) is 0 Å². The summed E-state index contributed by atoms with van der Waals surface area (Å²) in [5.74, 6) is 0.517. The van der Waals surface area contributed by atoms with Gasteiger partial charge in [0.05, 0.1) is 6.10 Å². The van der Waals surface area contributed by atoms with Crippen molar-refractivity contribution in [2.24, 2.45) is 5.92 Å². The van der Waals surface area contributed by atoms with Gasteiger partial charge in [-0.2, -0.15) is 0 Å². The van der Waals surface area contributed by atoms with Crippen molar-refractivity contribution in [1.82, 2.24) is 5.32 Å². The van der Waals surface area contributed by atoms with E-state index < -0.39 is 0 Å². The van der Waals surface area contributed by atoms with Crippen molar-refractivity contribution >= 4 is 11.3 Å². The van der Waals surface area contributed by atoms with Gasteiger partial charge in [-0.1, -0.05) is 6.92 Å². The molecule has 0 spiro atoms. The Kier molecular flexibility index (Phi) is 5.46. The average molecular weight is 241 g/mol. The zero-order valence-electron chi connectivity index (χ0n) is 10.7. The van der Waals surface area contributed by atoms with Crippen molar-refractivity contribution in [3.63, 3.8) is 0 Å². The van der Waals surface area contributed by atoms with Crippen LogP contribution in [0.5, 0.6) is 0 Å². The third-order valence-corrected chi connectivity index (χ3v) is 3.89. The van der Waals surface area contributed by atoms with Crippen LogP contribution in [0.3, 0.4) is 0 Å². The summed E-state index contributed by atoms with van der Waals surface area (Å²) in [7, 11) is 0. The highest BCUT2D eigenvalue weighted by Crippen LogP contribution is 2.22. The van der Waals surface area contributed by atoms with Gasteiger partial charge in [-0.05, 0) is 51.8 Å². The molecule has 0 aromatic carbocycles. The summed E-state index contributed by atoms with van der Waals surface area (Å²) >= 11 is 1.85. The van der Waals surface area contributed by atoms with Crippen molar-refractivity contribution in [2.45, 2.75) is 46.3 Å². The largest absolute Gasteiger partial charge is 0.393 e. The summed E-state index contributed by atoms with van der Waals surface area (Å²) in [6.07, 6.45) is 0.666. The molecule has 0 fully saturated rings. The van der Waals surface area contributed by atoms with E-state index in [0.29, 0.717) is 12.0 Å². The molecule has 3 atom stereocenters. The monoisotopic (exact) mass is 241 g/mol. The summed E-state index contributed by atoms with van der Waals surface area (Å²) in [5.41, 5.74) is 0. The number of rotatable bonds is 6. The number of thiophene rings is 1. The number of hydrogen-bond donors (Lipinski definition) is 2. The normalized spacial score (nSPS) is 17.1. The lowest BCUT2D eigenvalue weighted by atomic mass is 10.0. The molecule has 2 nitrogen and oxygen atoms in total. The van der Waals surface area contributed by atoms with Crippen LogP contribution in [0.1, 0.15) is 43.0 Å². The fraction of sp³-hybridized carbons (Fsp3) is 0.692. The van der Waals surface area contributed by atoms with E-state index in [-0.39, 0.29) is 6.10 Å². The van der Waals surface area contributed by atoms with Crippen LogP contribution in [0.2, 0.25) is 0 Å². The van der Waals surface area contributed by atoms with Gasteiger partial charge in [0, 0.05) is 15.8 Å². The Labute approximate surface area is 103 Å². The van der Waals surface area contributed by atoms with Crippen LogP contribution < -0.4 is 5.32 Å². The van der Waals surface area contributed by atoms with Crippen LogP contribution in [0.15, 0.2) is 12.1 Å². The Morgan fingerprint density at radius 1 is 1.31 bits per heavy atom. The molecular weight excluding hydrogens is 218 g/mol. The molecule has 3 unspecified atom stereocenters. The fourth-order valence-corrected chi connectivity index (χ4v) is 2.73. The molecule has 92 valence electrons. The van der Waals surface area contributed by atoms with E-state index in [1.54, 1.807) is 0 Å². The first-order valence-electron chi connectivity index (χ1n) is 5.96. The highest BCUT2D eigenvalue weighted by atomic mass is 32.1. The van der Waals surface area contributed by atoms with E-state index in [1.807, 2.05) is 18.3 Å². The van der Waals surface area contributed by atoms with E-state index in [2.05, 4.69) is 38.2 Å². The molecule has 3 heteroatoms. The second kappa shape index (κ2) is 6.38. The molecule has 0 aliphatic rings. The minimum atomic E-state index is -0.198. The highest BCUT2D eigenvalue weighted by Gasteiger charge is 2.10. The first kappa shape index (κ1) is 13.7. The predicted octanol–water partition coefficient (Wildman–Crippen LogP) is 3.11. The maximum atomic E-state index is 9.28. The number of hydrogen-bond acceptors (Lipinski definition) is 3. The standard InChI is InChI=1S/C13H23NOS/c1-9(7-10(2)15)8-14-12(4)13-6-5-11(3)16-13/h5-6,9-10,12,14-15H,7-8H2,1-4H3. The first-order valence-corrected chi connectivity index (χ1v) is 6.78. The zero-order chi connectivity index (χ0) is 12.1. The maximum absolute atomic E-state index is 9.28. The lowest BCUT2D eigenvalue weighted by Crippen LogP contribution is -2.25. The maximum Gasteiger partial charge on any atom is 0.0515 e. The topological polar surface area (TPSA) is 32.3 Å². The van der Waals surface area contributed by atoms with Gasteiger partial charge >= 0.3 is 0 Å². The minimum Gasteiger partial charge on any atom is -0.393 e. The molecule has 0 radical (unpaired) electrons. The smallest absolute Gasteiger partial charge is 0.0515 e. The summed E-state index contributed by atoms with van der Waals surface area (Å²) in [4.78, 5) is 2.75. The van der Waals surface area contributed by atoms with Gasteiger partial charge in [-0.15, -0.1) is 11.3 Å². The molecule has 0 saturated carbocycles. The molecule has 0 saturated heterocycles. The Bertz CT molecular complexity index is 309. The quantitative estimate of drug-likeness (QED) is 0.802. The van der Waals surface area contributed by atoms with Crippen molar-refractivity contribution in [3.05, 3.63) is 21.9 Å². The van der Waals surface area contributed by atoms with Gasteiger partial charge in [-0.3, -0.25) is 0 Å². The first-order chi connectivity index (χ1) is 7.49. The summed E-state index contributed by atoms with van der Waals surface area (Å²) in [5, 5.41) is 12.8. The number of aliphatic hydroxyl groups excluding tert-OH is 1. The predicted molar refractivity (Wildman–Crippen MR) is 70.9 cm³/mol. The molecule has 0 bridgehead atoms. The lowest BCUT2D eigenvalue weighted by molar-refractivity contribution is 0.162. The minimum absolute atomic E-state index is 0.198. The number of aliphatic hydroxyl groups is 1. The molecule has 2 N–H and O–H groups in total. The van der Waals surface area contributed by atoms with Crippen LogP contribution in [0.25, 0.3) is 0 Å². The second-order valence-electron chi connectivity index (χ2n) is 4.77. The van der Waals surface area contributed by atoms with Gasteiger partial charge < -0.3 is 10.4 Å². The lowest BCUT2D eigenvalue weighted by Gasteiger charge is -2.17. The Morgan fingerprint density at radius 3 is 2.50 bits per heavy atom. The molecular formula is C13H23NOS. The molecule has 0 amide bonds. The van der Waals surface area contributed by atoms with Crippen molar-refractivity contribution in [3.8, 4) is 0 Å². The molecule has 1 aromatic rings. The number of nitrogens with one attached hydrogen (secondary N) is 1. The third kappa shape index (κ3) is 4.64. The van der Waals surface area contributed by atoms with Gasteiger partial charge in [0.25, 0.3) is 0 Å². The van der Waals surface area contributed by atoms with Gasteiger partial charge in [0.2, 0.25) is 0 Å². The number of aryl methyl sites for hydroxylation is 1. The Morgan fingerprint density at radius 2 is 2.00 bits per heavy atom. The van der Waals surface area contributed by atoms with E-state index >= 15 is 0 Å². The van der Waals surface area contributed by atoms with Crippen LogP contribution in [-0.2, 0) is 0 Å². The second-order valence-corrected chi connectivity index (χ2v) is 6.09. The molecule has 0 aliphatic heterocycles. The SMILES string of the molecule is Cc1ccc(C(C)NCC(C)CC(C)O)s1. The van der Waals surface area contributed by atoms with Crippen LogP contribution in [0, 0.1) is 12.8 Å². The zero-order valence-corrected chi connectivity index (χ0v) is 11.5. The third-order valence-electron chi connectivity index (χ3n) is 2.70. The van der Waals surface area contributed by atoms with Crippen molar-refractivity contribution < 1.29 is 5.11 Å². The van der Waals surface area contributed by atoms with Gasteiger partial charge in [0.1, 0.15) is 0 Å². The Balaban J connectivity index is 2.32. The van der Waals surface area contributed by atoms with E-state index in [1.165, 1.54) is 9.75 Å². The molecule has 0 aliphatic carbocycles.